The number of carbonyl (C=O) groups excluding carboxylic acids is 2. The Morgan fingerprint density at radius 3 is 2.56 bits per heavy atom. The summed E-state index contributed by atoms with van der Waals surface area (Å²) in [7, 11) is 0. The number of hydrogen-bond acceptors (Lipinski definition) is 5. The Labute approximate surface area is 213 Å². The summed E-state index contributed by atoms with van der Waals surface area (Å²) in [6, 6.07) is 12.4. The van der Waals surface area contributed by atoms with Crippen molar-refractivity contribution >= 4 is 11.8 Å². The fourth-order valence-corrected chi connectivity index (χ4v) is 6.51. The van der Waals surface area contributed by atoms with E-state index in [0.717, 1.165) is 18.4 Å². The molecule has 2 amide bonds. The molecule has 0 radical (unpaired) electrons. The third-order valence-electron chi connectivity index (χ3n) is 8.45. The first-order valence-electron chi connectivity index (χ1n) is 12.7. The van der Waals surface area contributed by atoms with E-state index in [4.69, 9.17) is 5.26 Å². The van der Waals surface area contributed by atoms with Crippen molar-refractivity contribution in [2.24, 2.45) is 16.7 Å². The molecule has 1 heterocycles. The van der Waals surface area contributed by atoms with Crippen LogP contribution in [0.3, 0.4) is 0 Å². The maximum Gasteiger partial charge on any atom is 0.251 e. The minimum atomic E-state index is -0.750. The molecular formula is C29H36N4O3. The molecule has 7 nitrogen and oxygen atoms in total. The highest BCUT2D eigenvalue weighted by Gasteiger charge is 2.61. The van der Waals surface area contributed by atoms with E-state index in [9.17, 15) is 14.7 Å². The molecule has 2 aliphatic carbocycles. The van der Waals surface area contributed by atoms with Crippen LogP contribution in [0.5, 0.6) is 0 Å². The lowest BCUT2D eigenvalue weighted by molar-refractivity contribution is -0.123. The third kappa shape index (κ3) is 5.44. The number of hydrogen-bond donors (Lipinski definition) is 3. The van der Waals surface area contributed by atoms with Crippen molar-refractivity contribution in [2.45, 2.75) is 77.5 Å². The Kier molecular flexibility index (Phi) is 7.19. The Hall–Kier alpha value is -3.24. The quantitative estimate of drug-likeness (QED) is 0.542. The first-order chi connectivity index (χ1) is 17.0. The number of aromatic nitrogens is 1. The zero-order valence-corrected chi connectivity index (χ0v) is 21.4. The molecule has 7 heteroatoms. The molecule has 190 valence electrons. The van der Waals surface area contributed by atoms with Crippen LogP contribution in [0.1, 0.15) is 80.8 Å². The molecule has 36 heavy (non-hydrogen) atoms. The summed E-state index contributed by atoms with van der Waals surface area (Å²) in [4.78, 5) is 30.2. The van der Waals surface area contributed by atoms with Crippen LogP contribution in [-0.4, -0.2) is 33.5 Å². The van der Waals surface area contributed by atoms with Gasteiger partial charge in [0.05, 0.1) is 17.2 Å². The monoisotopic (exact) mass is 488 g/mol. The van der Waals surface area contributed by atoms with Gasteiger partial charge in [0.1, 0.15) is 0 Å². The third-order valence-corrected chi connectivity index (χ3v) is 8.45. The summed E-state index contributed by atoms with van der Waals surface area (Å²) in [5, 5.41) is 26.3. The summed E-state index contributed by atoms with van der Waals surface area (Å²) in [6.45, 7) is 6.76. The molecule has 4 rings (SSSR count). The number of nitrogens with zero attached hydrogens (tertiary/aromatic N) is 2. The van der Waals surface area contributed by atoms with Crippen molar-refractivity contribution in [3.05, 3.63) is 65.5 Å². The topological polar surface area (TPSA) is 115 Å². The van der Waals surface area contributed by atoms with Gasteiger partial charge in [0.15, 0.2) is 0 Å². The van der Waals surface area contributed by atoms with Crippen LogP contribution in [0.2, 0.25) is 0 Å². The highest BCUT2D eigenvalue weighted by Crippen LogP contribution is 2.63. The van der Waals surface area contributed by atoms with E-state index in [1.807, 2.05) is 19.1 Å². The first kappa shape index (κ1) is 25.8. The highest BCUT2D eigenvalue weighted by molar-refractivity contribution is 5.94. The Morgan fingerprint density at radius 2 is 1.89 bits per heavy atom. The second-order valence-electron chi connectivity index (χ2n) is 11.5. The summed E-state index contributed by atoms with van der Waals surface area (Å²) in [5.41, 5.74) is 0.850. The van der Waals surface area contributed by atoms with Gasteiger partial charge in [0, 0.05) is 37.0 Å². The molecule has 1 aromatic heterocycles. The number of fused-ring (bicyclic) bond motifs is 1. The SMILES string of the molecule is CC1(C)C[C@H](NC(=O)c2ccc(C#N)cc2)[C@@]2(CCC(=O)NCc3cccnc3)CC[C@](C)(O)C[C@@H]12. The molecule has 3 N–H and O–H groups in total. The Balaban J connectivity index is 1.52. The Bertz CT molecular complexity index is 1140. The zero-order chi connectivity index (χ0) is 26.0. The maximum absolute atomic E-state index is 13.2. The molecule has 2 saturated carbocycles. The average molecular weight is 489 g/mol. The zero-order valence-electron chi connectivity index (χ0n) is 21.4. The van der Waals surface area contributed by atoms with Crippen LogP contribution in [0.25, 0.3) is 0 Å². The number of pyridine rings is 1. The highest BCUT2D eigenvalue weighted by atomic mass is 16.3. The van der Waals surface area contributed by atoms with Gasteiger partial charge in [-0.15, -0.1) is 0 Å². The number of aliphatic hydroxyl groups is 1. The summed E-state index contributed by atoms with van der Waals surface area (Å²) >= 11 is 0. The first-order valence-corrected chi connectivity index (χ1v) is 12.7. The largest absolute Gasteiger partial charge is 0.390 e. The molecule has 2 fully saturated rings. The van der Waals surface area contributed by atoms with E-state index in [0.29, 0.717) is 43.4 Å². The van der Waals surface area contributed by atoms with E-state index < -0.39 is 5.60 Å². The molecule has 2 aliphatic rings. The van der Waals surface area contributed by atoms with Crippen LogP contribution < -0.4 is 10.6 Å². The minimum absolute atomic E-state index is 0.0220. The number of nitriles is 1. The molecule has 0 spiro atoms. The van der Waals surface area contributed by atoms with Gasteiger partial charge in [0.25, 0.3) is 5.91 Å². The number of rotatable bonds is 7. The molecular weight excluding hydrogens is 452 g/mol. The normalized spacial score (nSPS) is 28.5. The van der Waals surface area contributed by atoms with Crippen LogP contribution >= 0.6 is 0 Å². The van der Waals surface area contributed by atoms with Crippen LogP contribution in [0.15, 0.2) is 48.8 Å². The molecule has 0 saturated heterocycles. The van der Waals surface area contributed by atoms with Gasteiger partial charge in [-0.2, -0.15) is 5.26 Å². The van der Waals surface area contributed by atoms with Crippen LogP contribution in [0, 0.1) is 28.1 Å². The van der Waals surface area contributed by atoms with Crippen molar-refractivity contribution in [1.29, 1.82) is 5.26 Å². The lowest BCUT2D eigenvalue weighted by Gasteiger charge is -2.50. The maximum atomic E-state index is 13.2. The fourth-order valence-electron chi connectivity index (χ4n) is 6.51. The molecule has 0 aliphatic heterocycles. The van der Waals surface area contributed by atoms with Crippen molar-refractivity contribution in [3.63, 3.8) is 0 Å². The average Bonchev–Trinajstić information content (AvgIpc) is 3.07. The van der Waals surface area contributed by atoms with Gasteiger partial charge < -0.3 is 15.7 Å². The second-order valence-corrected chi connectivity index (χ2v) is 11.5. The number of amides is 2. The van der Waals surface area contributed by atoms with Gasteiger partial charge in [-0.3, -0.25) is 14.6 Å². The van der Waals surface area contributed by atoms with Gasteiger partial charge in [-0.25, -0.2) is 0 Å². The summed E-state index contributed by atoms with van der Waals surface area (Å²) in [5.74, 6) is -0.0176. The summed E-state index contributed by atoms with van der Waals surface area (Å²) < 4.78 is 0. The number of carbonyl (C=O) groups is 2. The number of nitrogens with one attached hydrogen (secondary N) is 2. The standard InChI is InChI=1S/C29H36N4O3/c1-27(2)16-24(33-26(35)22-8-6-20(17-30)7-9-22)29(13-12-28(3,36)15-23(27)29)11-10-25(34)32-19-21-5-4-14-31-18-21/h4-9,14,18,23-24,36H,10-13,15-16,19H2,1-3H3,(H,32,34)(H,33,35)/t23-,24-,28-,29-/m0/s1. The van der Waals surface area contributed by atoms with Crippen molar-refractivity contribution in [2.75, 3.05) is 0 Å². The van der Waals surface area contributed by atoms with Crippen LogP contribution in [-0.2, 0) is 11.3 Å². The van der Waals surface area contributed by atoms with Crippen LogP contribution in [0.4, 0.5) is 0 Å². The Morgan fingerprint density at radius 1 is 1.14 bits per heavy atom. The van der Waals surface area contributed by atoms with E-state index in [-0.39, 0.29) is 34.6 Å². The molecule has 0 bridgehead atoms. The van der Waals surface area contributed by atoms with Crippen molar-refractivity contribution in [1.82, 2.24) is 15.6 Å². The van der Waals surface area contributed by atoms with E-state index in [1.54, 1.807) is 36.7 Å². The molecule has 4 atom stereocenters. The van der Waals surface area contributed by atoms with Crippen molar-refractivity contribution < 1.29 is 14.7 Å². The molecule has 0 unspecified atom stereocenters. The molecule has 2 aromatic rings. The van der Waals surface area contributed by atoms with E-state index in [2.05, 4.69) is 35.5 Å². The minimum Gasteiger partial charge on any atom is -0.390 e. The van der Waals surface area contributed by atoms with Crippen molar-refractivity contribution in [3.8, 4) is 6.07 Å². The smallest absolute Gasteiger partial charge is 0.251 e. The van der Waals surface area contributed by atoms with E-state index >= 15 is 0 Å². The summed E-state index contributed by atoms with van der Waals surface area (Å²) in [6.07, 6.45) is 7.28. The van der Waals surface area contributed by atoms with Gasteiger partial charge >= 0.3 is 0 Å². The number of benzene rings is 1. The lowest BCUT2D eigenvalue weighted by Crippen LogP contribution is -2.52. The lowest BCUT2D eigenvalue weighted by atomic mass is 9.57. The second kappa shape index (κ2) is 10.0. The predicted octanol–water partition coefficient (Wildman–Crippen LogP) is 4.12. The van der Waals surface area contributed by atoms with E-state index in [1.165, 1.54) is 0 Å². The van der Waals surface area contributed by atoms with Gasteiger partial charge in [-0.05, 0) is 91.7 Å². The fraction of sp³-hybridized carbons (Fsp3) is 0.517. The molecule has 1 aromatic carbocycles. The van der Waals surface area contributed by atoms with Gasteiger partial charge in [-0.1, -0.05) is 19.9 Å². The van der Waals surface area contributed by atoms with Gasteiger partial charge in [0.2, 0.25) is 5.91 Å². The predicted molar refractivity (Wildman–Crippen MR) is 137 cm³/mol.